The largest absolute Gasteiger partial charge is 0.491 e. The van der Waals surface area contributed by atoms with Crippen molar-refractivity contribution in [1.82, 2.24) is 5.32 Å². The van der Waals surface area contributed by atoms with Gasteiger partial charge in [0.2, 0.25) is 0 Å². The molecule has 1 aliphatic rings. The minimum atomic E-state index is -0.926. The molecule has 3 aromatic rings. The van der Waals surface area contributed by atoms with Crippen molar-refractivity contribution in [2.24, 2.45) is 0 Å². The lowest BCUT2D eigenvalue weighted by Gasteiger charge is -2.27. The van der Waals surface area contributed by atoms with E-state index >= 15 is 0 Å². The highest BCUT2D eigenvalue weighted by molar-refractivity contribution is 9.10. The average molecular weight is 512 g/mol. The van der Waals surface area contributed by atoms with Gasteiger partial charge < -0.3 is 25.0 Å². The van der Waals surface area contributed by atoms with E-state index < -0.39 is 12.1 Å². The number of benzene rings is 3. The molecule has 0 aliphatic carbocycles. The average Bonchev–Trinajstić information content (AvgIpc) is 2.83. The van der Waals surface area contributed by atoms with Crippen molar-refractivity contribution in [3.8, 4) is 22.6 Å². The Morgan fingerprint density at radius 2 is 1.82 bits per heavy atom. The summed E-state index contributed by atoms with van der Waals surface area (Å²) >= 11 is 3.38. The number of ether oxygens (including phenoxy) is 2. The van der Waals surface area contributed by atoms with Crippen LogP contribution in [-0.4, -0.2) is 48.1 Å². The Morgan fingerprint density at radius 1 is 1.09 bits per heavy atom. The third kappa shape index (κ3) is 6.35. The fourth-order valence-corrected chi connectivity index (χ4v) is 4.03. The molecule has 0 amide bonds. The number of halogens is 1. The van der Waals surface area contributed by atoms with Gasteiger partial charge >= 0.3 is 5.97 Å². The van der Waals surface area contributed by atoms with Crippen LogP contribution in [0.25, 0.3) is 11.1 Å². The molecule has 7 heteroatoms. The normalized spacial score (nSPS) is 15.9. The number of carboxylic acid groups (broad SMARTS) is 1. The number of hydrogen-bond donors (Lipinski definition) is 3. The predicted molar refractivity (Wildman–Crippen MR) is 130 cm³/mol. The lowest BCUT2D eigenvalue weighted by Crippen LogP contribution is -2.39. The summed E-state index contributed by atoms with van der Waals surface area (Å²) in [4.78, 5) is 11.0. The van der Waals surface area contributed by atoms with E-state index in [2.05, 4.69) is 27.3 Å². The zero-order valence-corrected chi connectivity index (χ0v) is 19.6. The Hall–Kier alpha value is -2.87. The topological polar surface area (TPSA) is 88.0 Å². The van der Waals surface area contributed by atoms with Crippen molar-refractivity contribution >= 4 is 21.9 Å². The van der Waals surface area contributed by atoms with Crippen molar-refractivity contribution in [3.05, 3.63) is 82.3 Å². The lowest BCUT2D eigenvalue weighted by atomic mass is 9.96. The molecule has 0 aromatic heterocycles. The van der Waals surface area contributed by atoms with Crippen molar-refractivity contribution in [2.75, 3.05) is 19.7 Å². The monoisotopic (exact) mass is 511 g/mol. The zero-order chi connectivity index (χ0) is 23.2. The SMILES string of the molecule is O=C(O)c1ccc(-c2ccc3c(c2)CC[C@H](CNCC(O)COc2ccc(Br)cc2)O3)cc1. The molecule has 1 aliphatic heterocycles. The van der Waals surface area contributed by atoms with Gasteiger partial charge in [-0.2, -0.15) is 0 Å². The number of aliphatic hydroxyl groups is 1. The summed E-state index contributed by atoms with van der Waals surface area (Å²) < 4.78 is 12.7. The van der Waals surface area contributed by atoms with Crippen LogP contribution >= 0.6 is 15.9 Å². The first-order valence-corrected chi connectivity index (χ1v) is 11.7. The maximum atomic E-state index is 11.0. The number of aromatic carboxylic acids is 1. The van der Waals surface area contributed by atoms with Gasteiger partial charge in [-0.1, -0.05) is 34.1 Å². The van der Waals surface area contributed by atoms with Gasteiger partial charge in [0.25, 0.3) is 0 Å². The summed E-state index contributed by atoms with van der Waals surface area (Å²) in [5.74, 6) is 0.671. The molecular formula is C26H26BrNO5. The van der Waals surface area contributed by atoms with Gasteiger partial charge in [-0.25, -0.2) is 4.79 Å². The quantitative estimate of drug-likeness (QED) is 0.391. The third-order valence-electron chi connectivity index (χ3n) is 5.56. The van der Waals surface area contributed by atoms with Crippen molar-refractivity contribution in [1.29, 1.82) is 0 Å². The van der Waals surface area contributed by atoms with Crippen molar-refractivity contribution in [2.45, 2.75) is 25.0 Å². The molecule has 0 spiro atoms. The van der Waals surface area contributed by atoms with E-state index in [1.807, 2.05) is 48.5 Å². The molecular weight excluding hydrogens is 486 g/mol. The van der Waals surface area contributed by atoms with Crippen LogP contribution < -0.4 is 14.8 Å². The van der Waals surface area contributed by atoms with Gasteiger partial charge in [-0.05, 0) is 78.1 Å². The molecule has 0 radical (unpaired) electrons. The van der Waals surface area contributed by atoms with Crippen LogP contribution in [0.4, 0.5) is 0 Å². The van der Waals surface area contributed by atoms with Gasteiger partial charge in [0, 0.05) is 17.6 Å². The summed E-state index contributed by atoms with van der Waals surface area (Å²) in [6, 6.07) is 20.5. The number of fused-ring (bicyclic) bond motifs is 1. The Kier molecular flexibility index (Phi) is 7.65. The summed E-state index contributed by atoms with van der Waals surface area (Å²) in [6.45, 7) is 1.29. The first-order valence-electron chi connectivity index (χ1n) is 10.9. The molecule has 0 bridgehead atoms. The minimum Gasteiger partial charge on any atom is -0.491 e. The number of aryl methyl sites for hydroxylation is 1. The van der Waals surface area contributed by atoms with Gasteiger partial charge in [0.1, 0.15) is 30.3 Å². The fourth-order valence-electron chi connectivity index (χ4n) is 3.77. The summed E-state index contributed by atoms with van der Waals surface area (Å²) in [6.07, 6.45) is 1.21. The Bertz CT molecular complexity index is 1080. The second-order valence-corrected chi connectivity index (χ2v) is 8.98. The highest BCUT2D eigenvalue weighted by Gasteiger charge is 2.20. The smallest absolute Gasteiger partial charge is 0.335 e. The van der Waals surface area contributed by atoms with E-state index in [-0.39, 0.29) is 18.3 Å². The van der Waals surface area contributed by atoms with E-state index in [0.717, 1.165) is 45.5 Å². The fraction of sp³-hybridized carbons (Fsp3) is 0.269. The number of rotatable bonds is 9. The number of aliphatic hydroxyl groups excluding tert-OH is 1. The standard InChI is InChI=1S/C26H26BrNO5/c27-21-7-10-23(11-8-21)32-16-22(29)14-28-15-24-9-5-20-13-19(6-12-25(20)33-24)17-1-3-18(4-2-17)26(30)31/h1-4,6-8,10-13,22,24,28-29H,5,9,14-16H2,(H,30,31)/t22?,24-/m1/s1. The molecule has 6 nitrogen and oxygen atoms in total. The molecule has 0 fully saturated rings. The van der Waals surface area contributed by atoms with E-state index in [1.54, 1.807) is 12.1 Å². The Morgan fingerprint density at radius 3 is 2.55 bits per heavy atom. The molecule has 2 atom stereocenters. The van der Waals surface area contributed by atoms with Crippen LogP contribution in [-0.2, 0) is 6.42 Å². The van der Waals surface area contributed by atoms with Gasteiger partial charge in [0.15, 0.2) is 0 Å². The van der Waals surface area contributed by atoms with Crippen molar-refractivity contribution in [3.63, 3.8) is 0 Å². The Balaban J connectivity index is 1.24. The number of carboxylic acids is 1. The van der Waals surface area contributed by atoms with E-state index in [1.165, 1.54) is 0 Å². The molecule has 3 aromatic carbocycles. The molecule has 0 saturated carbocycles. The second-order valence-electron chi connectivity index (χ2n) is 8.06. The maximum Gasteiger partial charge on any atom is 0.335 e. The zero-order valence-electron chi connectivity index (χ0n) is 18.0. The number of hydrogen-bond acceptors (Lipinski definition) is 5. The van der Waals surface area contributed by atoms with Crippen LogP contribution in [0.5, 0.6) is 11.5 Å². The first-order chi connectivity index (χ1) is 16.0. The van der Waals surface area contributed by atoms with Crippen LogP contribution in [0.1, 0.15) is 22.3 Å². The van der Waals surface area contributed by atoms with Crippen LogP contribution in [0, 0.1) is 0 Å². The number of nitrogens with one attached hydrogen (secondary N) is 1. The van der Waals surface area contributed by atoms with Gasteiger partial charge in [-0.15, -0.1) is 0 Å². The van der Waals surface area contributed by atoms with E-state index in [4.69, 9.17) is 14.6 Å². The Labute approximate surface area is 201 Å². The van der Waals surface area contributed by atoms with E-state index in [0.29, 0.717) is 13.1 Å². The summed E-state index contributed by atoms with van der Waals surface area (Å²) in [5, 5.41) is 22.5. The van der Waals surface area contributed by atoms with E-state index in [9.17, 15) is 9.90 Å². The van der Waals surface area contributed by atoms with Crippen LogP contribution in [0.2, 0.25) is 0 Å². The highest BCUT2D eigenvalue weighted by Crippen LogP contribution is 2.32. The van der Waals surface area contributed by atoms with Gasteiger partial charge in [0.05, 0.1) is 5.56 Å². The maximum absolute atomic E-state index is 11.0. The minimum absolute atomic E-state index is 0.0396. The lowest BCUT2D eigenvalue weighted by molar-refractivity contribution is 0.0697. The third-order valence-corrected chi connectivity index (χ3v) is 6.09. The highest BCUT2D eigenvalue weighted by atomic mass is 79.9. The summed E-state index contributed by atoms with van der Waals surface area (Å²) in [7, 11) is 0. The van der Waals surface area contributed by atoms with Crippen LogP contribution in [0.15, 0.2) is 71.2 Å². The molecule has 1 unspecified atom stereocenters. The van der Waals surface area contributed by atoms with Gasteiger partial charge in [-0.3, -0.25) is 0 Å². The molecule has 172 valence electrons. The van der Waals surface area contributed by atoms with Crippen LogP contribution in [0.3, 0.4) is 0 Å². The molecule has 1 heterocycles. The molecule has 33 heavy (non-hydrogen) atoms. The van der Waals surface area contributed by atoms with Crippen molar-refractivity contribution < 1.29 is 24.5 Å². The molecule has 4 rings (SSSR count). The number of carbonyl (C=O) groups is 1. The predicted octanol–water partition coefficient (Wildman–Crippen LogP) is 4.54. The summed E-state index contributed by atoms with van der Waals surface area (Å²) in [5.41, 5.74) is 3.44. The molecule has 3 N–H and O–H groups in total. The molecule has 0 saturated heterocycles. The second kappa shape index (κ2) is 10.8. The first kappa shape index (κ1) is 23.3.